The molecule has 0 aliphatic carbocycles. The number of amides is 1. The number of carbonyl (C=O) groups is 1. The van der Waals surface area contributed by atoms with Gasteiger partial charge in [0.05, 0.1) is 6.54 Å². The minimum atomic E-state index is -0.144. The zero-order chi connectivity index (χ0) is 15.4. The Balaban J connectivity index is 1.94. The minimum absolute atomic E-state index is 0.144. The Labute approximate surface area is 124 Å². The summed E-state index contributed by atoms with van der Waals surface area (Å²) in [4.78, 5) is 12.0. The summed E-state index contributed by atoms with van der Waals surface area (Å²) in [5.74, 6) is 1.50. The zero-order valence-corrected chi connectivity index (χ0v) is 12.9. The van der Waals surface area contributed by atoms with E-state index in [0.29, 0.717) is 23.3 Å². The maximum absolute atomic E-state index is 12.0. The number of nitrogens with zero attached hydrogens (tertiary/aromatic N) is 2. The molecule has 0 saturated heterocycles. The summed E-state index contributed by atoms with van der Waals surface area (Å²) in [6, 6.07) is 7.61. The lowest BCUT2D eigenvalue weighted by Crippen LogP contribution is -2.22. The Morgan fingerprint density at radius 1 is 1.10 bits per heavy atom. The smallest absolute Gasteiger partial charge is 0.251 e. The van der Waals surface area contributed by atoms with Crippen LogP contribution in [0.4, 0.5) is 0 Å². The second-order valence-corrected chi connectivity index (χ2v) is 5.65. The van der Waals surface area contributed by atoms with Gasteiger partial charge in [0.2, 0.25) is 11.8 Å². The molecule has 1 aromatic heterocycles. The molecule has 1 heterocycles. The van der Waals surface area contributed by atoms with Crippen LogP contribution in [0.3, 0.4) is 0 Å². The van der Waals surface area contributed by atoms with Crippen LogP contribution in [-0.4, -0.2) is 16.1 Å². The largest absolute Gasteiger partial charge is 0.423 e. The number of rotatable bonds is 5. The van der Waals surface area contributed by atoms with Crippen molar-refractivity contribution in [1.29, 1.82) is 0 Å². The van der Waals surface area contributed by atoms with E-state index in [0.717, 1.165) is 0 Å². The van der Waals surface area contributed by atoms with Crippen molar-refractivity contribution in [1.82, 2.24) is 15.5 Å². The highest BCUT2D eigenvalue weighted by Gasteiger charge is 2.11. The number of hydrogen-bond acceptors (Lipinski definition) is 4. The predicted molar refractivity (Wildman–Crippen MR) is 80.1 cm³/mol. The van der Waals surface area contributed by atoms with Crippen molar-refractivity contribution in [2.24, 2.45) is 0 Å². The molecule has 2 aromatic rings. The first-order valence-electron chi connectivity index (χ1n) is 7.17. The van der Waals surface area contributed by atoms with E-state index in [1.165, 1.54) is 5.56 Å². The van der Waals surface area contributed by atoms with Crippen LogP contribution in [0.2, 0.25) is 0 Å². The monoisotopic (exact) mass is 287 g/mol. The summed E-state index contributed by atoms with van der Waals surface area (Å²) in [7, 11) is 0. The number of nitrogens with one attached hydrogen (secondary N) is 1. The van der Waals surface area contributed by atoms with Gasteiger partial charge in [-0.25, -0.2) is 0 Å². The van der Waals surface area contributed by atoms with E-state index in [9.17, 15) is 4.79 Å². The maximum Gasteiger partial charge on any atom is 0.251 e. The average Bonchev–Trinajstić information content (AvgIpc) is 2.94. The fraction of sp³-hybridized carbons (Fsp3) is 0.438. The predicted octanol–water partition coefficient (Wildman–Crippen LogP) is 3.25. The van der Waals surface area contributed by atoms with Crippen LogP contribution < -0.4 is 5.32 Å². The van der Waals surface area contributed by atoms with Crippen molar-refractivity contribution < 1.29 is 9.21 Å². The molecule has 1 amide bonds. The molecule has 112 valence electrons. The summed E-state index contributed by atoms with van der Waals surface area (Å²) in [6.07, 6.45) is 0. The molecule has 2 rings (SSSR count). The van der Waals surface area contributed by atoms with Gasteiger partial charge in [-0.05, 0) is 23.6 Å². The lowest BCUT2D eigenvalue weighted by atomic mass is 10.0. The summed E-state index contributed by atoms with van der Waals surface area (Å²) >= 11 is 0. The lowest BCUT2D eigenvalue weighted by Gasteiger charge is -2.07. The third-order valence-corrected chi connectivity index (χ3v) is 3.22. The molecule has 0 radical (unpaired) electrons. The van der Waals surface area contributed by atoms with E-state index >= 15 is 0 Å². The average molecular weight is 287 g/mol. The number of aromatic nitrogens is 2. The van der Waals surface area contributed by atoms with Gasteiger partial charge in [0.1, 0.15) is 0 Å². The lowest BCUT2D eigenvalue weighted by molar-refractivity contribution is 0.0947. The van der Waals surface area contributed by atoms with Crippen LogP contribution in [0.1, 0.15) is 67.2 Å². The van der Waals surface area contributed by atoms with Crippen LogP contribution in [0, 0.1) is 0 Å². The van der Waals surface area contributed by atoms with Gasteiger partial charge in [0.25, 0.3) is 5.91 Å². The third-order valence-electron chi connectivity index (χ3n) is 3.22. The van der Waals surface area contributed by atoms with E-state index in [1.807, 2.05) is 38.1 Å². The number of hydrogen-bond donors (Lipinski definition) is 1. The van der Waals surface area contributed by atoms with E-state index in [1.54, 1.807) is 0 Å². The van der Waals surface area contributed by atoms with E-state index in [2.05, 4.69) is 29.4 Å². The molecule has 0 aliphatic rings. The summed E-state index contributed by atoms with van der Waals surface area (Å²) in [5, 5.41) is 10.6. The Morgan fingerprint density at radius 2 is 1.76 bits per heavy atom. The quantitative estimate of drug-likeness (QED) is 0.916. The molecular formula is C16H21N3O2. The van der Waals surface area contributed by atoms with Crippen molar-refractivity contribution in [3.05, 3.63) is 47.2 Å². The Kier molecular flexibility index (Phi) is 4.73. The molecule has 0 bridgehead atoms. The number of benzene rings is 1. The molecule has 5 nitrogen and oxygen atoms in total. The van der Waals surface area contributed by atoms with Gasteiger partial charge in [-0.1, -0.05) is 39.8 Å². The molecule has 0 spiro atoms. The Bertz CT molecular complexity index is 600. The van der Waals surface area contributed by atoms with Gasteiger partial charge < -0.3 is 9.73 Å². The summed E-state index contributed by atoms with van der Waals surface area (Å²) < 4.78 is 5.44. The van der Waals surface area contributed by atoms with Gasteiger partial charge in [0, 0.05) is 11.5 Å². The summed E-state index contributed by atoms with van der Waals surface area (Å²) in [6.45, 7) is 8.44. The van der Waals surface area contributed by atoms with Crippen molar-refractivity contribution in [3.63, 3.8) is 0 Å². The molecule has 0 atom stereocenters. The van der Waals surface area contributed by atoms with Crippen molar-refractivity contribution in [3.8, 4) is 0 Å². The first-order chi connectivity index (χ1) is 9.97. The van der Waals surface area contributed by atoms with Crippen LogP contribution in [-0.2, 0) is 6.54 Å². The van der Waals surface area contributed by atoms with E-state index in [4.69, 9.17) is 4.42 Å². The third kappa shape index (κ3) is 3.90. The standard InChI is InChI=1S/C16H21N3O2/c1-10(2)12-5-7-13(8-6-12)15(20)17-9-14-18-19-16(21-14)11(3)4/h5-8,10-11H,9H2,1-4H3,(H,17,20). The van der Waals surface area contributed by atoms with Gasteiger partial charge in [-0.3, -0.25) is 4.79 Å². The highest BCUT2D eigenvalue weighted by Crippen LogP contribution is 2.15. The fourth-order valence-corrected chi connectivity index (χ4v) is 1.85. The molecule has 0 unspecified atom stereocenters. The second kappa shape index (κ2) is 6.52. The van der Waals surface area contributed by atoms with Gasteiger partial charge in [0.15, 0.2) is 0 Å². The first kappa shape index (κ1) is 15.2. The second-order valence-electron chi connectivity index (χ2n) is 5.65. The first-order valence-corrected chi connectivity index (χ1v) is 7.17. The fourth-order valence-electron chi connectivity index (χ4n) is 1.85. The molecule has 0 fully saturated rings. The van der Waals surface area contributed by atoms with E-state index in [-0.39, 0.29) is 18.4 Å². The van der Waals surface area contributed by atoms with Gasteiger partial charge in [-0.15, -0.1) is 10.2 Å². The topological polar surface area (TPSA) is 68.0 Å². The maximum atomic E-state index is 12.0. The molecule has 1 aromatic carbocycles. The zero-order valence-electron chi connectivity index (χ0n) is 12.9. The normalized spacial score (nSPS) is 11.1. The molecule has 1 N–H and O–H groups in total. The molecule has 0 aliphatic heterocycles. The van der Waals surface area contributed by atoms with Crippen LogP contribution in [0.25, 0.3) is 0 Å². The highest BCUT2D eigenvalue weighted by molar-refractivity contribution is 5.94. The van der Waals surface area contributed by atoms with Crippen molar-refractivity contribution >= 4 is 5.91 Å². The van der Waals surface area contributed by atoms with Crippen LogP contribution in [0.15, 0.2) is 28.7 Å². The SMILES string of the molecule is CC(C)c1ccc(C(=O)NCc2nnc(C(C)C)o2)cc1. The Hall–Kier alpha value is -2.17. The van der Waals surface area contributed by atoms with Gasteiger partial charge in [-0.2, -0.15) is 0 Å². The van der Waals surface area contributed by atoms with Crippen molar-refractivity contribution in [2.75, 3.05) is 0 Å². The van der Waals surface area contributed by atoms with Crippen LogP contribution in [0.5, 0.6) is 0 Å². The molecular weight excluding hydrogens is 266 g/mol. The van der Waals surface area contributed by atoms with E-state index < -0.39 is 0 Å². The highest BCUT2D eigenvalue weighted by atomic mass is 16.4. The molecule has 5 heteroatoms. The minimum Gasteiger partial charge on any atom is -0.423 e. The van der Waals surface area contributed by atoms with Crippen molar-refractivity contribution in [2.45, 2.75) is 46.1 Å². The Morgan fingerprint density at radius 3 is 2.29 bits per heavy atom. The molecule has 0 saturated carbocycles. The van der Waals surface area contributed by atoms with Gasteiger partial charge >= 0.3 is 0 Å². The number of carbonyl (C=O) groups excluding carboxylic acids is 1. The van der Waals surface area contributed by atoms with Crippen LogP contribution >= 0.6 is 0 Å². The summed E-state index contributed by atoms with van der Waals surface area (Å²) in [5.41, 5.74) is 1.84. The molecule has 21 heavy (non-hydrogen) atoms.